The number of aryl methyl sites for hydroxylation is 2. The lowest BCUT2D eigenvalue weighted by molar-refractivity contribution is -0.384. The molecule has 2 aromatic heterocycles. The first-order chi connectivity index (χ1) is 31.5. The number of benzene rings is 3. The number of likely N-dealkylation sites (N-methyl/N-ethyl adjacent to an activating group) is 2. The van der Waals surface area contributed by atoms with Crippen LogP contribution < -0.4 is 41.9 Å². The smallest absolute Gasteiger partial charge is 0.293 e. The van der Waals surface area contributed by atoms with Crippen molar-refractivity contribution in [2.75, 3.05) is 79.5 Å². The maximum absolute atomic E-state index is 13.6. The van der Waals surface area contributed by atoms with Gasteiger partial charge in [-0.15, -0.1) is 0 Å². The van der Waals surface area contributed by atoms with Gasteiger partial charge in [0, 0.05) is 104 Å². The first-order valence-corrected chi connectivity index (χ1v) is 21.7. The van der Waals surface area contributed by atoms with Crippen LogP contribution in [0, 0.1) is 16.0 Å². The number of hydrogen-bond acceptors (Lipinski definition) is 12. The lowest BCUT2D eigenvalue weighted by Crippen LogP contribution is -2.45. The largest absolute Gasteiger partial charge is 0.482 e. The van der Waals surface area contributed by atoms with Crippen molar-refractivity contribution in [1.29, 1.82) is 0 Å². The van der Waals surface area contributed by atoms with Crippen LogP contribution in [-0.4, -0.2) is 115 Å². The topological polar surface area (TPSA) is 194 Å². The van der Waals surface area contributed by atoms with Crippen LogP contribution in [0.5, 0.6) is 11.5 Å². The van der Waals surface area contributed by atoms with Crippen molar-refractivity contribution in [3.05, 3.63) is 168 Å². The number of aromatic nitrogens is 2. The number of non-ortho nitro benzene ring substituents is 1. The normalized spacial score (nSPS) is 11.2. The zero-order valence-corrected chi connectivity index (χ0v) is 37.7. The van der Waals surface area contributed by atoms with E-state index in [4.69, 9.17) is 9.47 Å². The molecule has 0 unspecified atom stereocenters. The molecular weight excluding hydrogens is 831 g/mol. The molecule has 0 bridgehead atoms. The third kappa shape index (κ3) is 15.2. The Bertz CT molecular complexity index is 2270. The Morgan fingerprint density at radius 1 is 0.615 bits per heavy atom. The summed E-state index contributed by atoms with van der Waals surface area (Å²) in [4.78, 5) is 69.0. The van der Waals surface area contributed by atoms with Crippen molar-refractivity contribution in [1.82, 2.24) is 40.2 Å². The summed E-state index contributed by atoms with van der Waals surface area (Å²) >= 11 is 0. The second kappa shape index (κ2) is 25.6. The van der Waals surface area contributed by atoms with E-state index >= 15 is 0 Å². The van der Waals surface area contributed by atoms with Crippen LogP contribution in [0.3, 0.4) is 0 Å². The molecule has 5 rings (SSSR count). The molecule has 2 amide bonds. The van der Waals surface area contributed by atoms with Gasteiger partial charge in [0.15, 0.2) is 11.5 Å². The van der Waals surface area contributed by atoms with Gasteiger partial charge in [0.2, 0.25) is 0 Å². The number of pyridine rings is 2. The summed E-state index contributed by atoms with van der Waals surface area (Å²) in [6.07, 6.45) is 3.69. The highest BCUT2D eigenvalue weighted by molar-refractivity contribution is 5.97. The van der Waals surface area contributed by atoms with Crippen molar-refractivity contribution in [2.24, 2.45) is 20.0 Å². The Hall–Kier alpha value is -6.66. The number of nitro benzene ring substituents is 1. The van der Waals surface area contributed by atoms with Crippen molar-refractivity contribution in [2.45, 2.75) is 19.6 Å². The van der Waals surface area contributed by atoms with Crippen LogP contribution in [0.2, 0.25) is 0 Å². The van der Waals surface area contributed by atoms with Crippen molar-refractivity contribution in [3.63, 3.8) is 0 Å². The highest BCUT2D eigenvalue weighted by Crippen LogP contribution is 2.19. The first-order valence-electron chi connectivity index (χ1n) is 21.7. The molecule has 346 valence electrons. The van der Waals surface area contributed by atoms with Gasteiger partial charge in [-0.3, -0.25) is 39.1 Å². The number of rotatable bonds is 27. The van der Waals surface area contributed by atoms with E-state index in [0.29, 0.717) is 58.8 Å². The van der Waals surface area contributed by atoms with Gasteiger partial charge < -0.3 is 39.9 Å². The Morgan fingerprint density at radius 3 is 1.43 bits per heavy atom. The van der Waals surface area contributed by atoms with Crippen LogP contribution in [0.25, 0.3) is 0 Å². The Kier molecular flexibility index (Phi) is 19.4. The fourth-order valence-electron chi connectivity index (χ4n) is 7.28. The lowest BCUT2D eigenvalue weighted by atomic mass is 9.97. The summed E-state index contributed by atoms with van der Waals surface area (Å²) in [6.45, 7) is 5.74. The summed E-state index contributed by atoms with van der Waals surface area (Å²) in [5.41, 5.74) is 2.15. The van der Waals surface area contributed by atoms with Gasteiger partial charge in [0.05, 0.1) is 16.1 Å². The fourth-order valence-corrected chi connectivity index (χ4v) is 7.28. The monoisotopic (exact) mass is 891 g/mol. The zero-order chi connectivity index (χ0) is 46.6. The predicted molar refractivity (Wildman–Crippen MR) is 251 cm³/mol. The molecule has 65 heavy (non-hydrogen) atoms. The second-order valence-electron chi connectivity index (χ2n) is 15.8. The van der Waals surface area contributed by atoms with Crippen molar-refractivity contribution >= 4 is 17.5 Å². The van der Waals surface area contributed by atoms with Crippen LogP contribution in [0.1, 0.15) is 37.4 Å². The molecule has 3 aromatic carbocycles. The third-order valence-corrected chi connectivity index (χ3v) is 10.9. The highest BCUT2D eigenvalue weighted by Gasteiger charge is 2.23. The molecule has 0 aliphatic heterocycles. The summed E-state index contributed by atoms with van der Waals surface area (Å²) < 4.78 is 14.6. The second-order valence-corrected chi connectivity index (χ2v) is 15.8. The zero-order valence-electron chi connectivity index (χ0n) is 37.7. The summed E-state index contributed by atoms with van der Waals surface area (Å²) in [7, 11) is 6.97. The SMILES string of the molecule is CNCCN(CCNC(=O)c1ccn(C)c(=O)c1OCc1ccccc1)CC(Cc1ccc([N+](=O)[O-])cc1)CN(CCNC)CCNC(=O)c1ccn(C)c(=O)c1OCc1ccccc1. The summed E-state index contributed by atoms with van der Waals surface area (Å²) in [6, 6.07) is 28.6. The minimum absolute atomic E-state index is 0.0119. The molecule has 0 radical (unpaired) electrons. The molecule has 5 aromatic rings. The van der Waals surface area contributed by atoms with Gasteiger partial charge in [-0.05, 0) is 55.3 Å². The molecule has 2 heterocycles. The van der Waals surface area contributed by atoms with E-state index < -0.39 is 27.9 Å². The maximum atomic E-state index is 13.6. The van der Waals surface area contributed by atoms with Gasteiger partial charge in [-0.25, -0.2) is 0 Å². The van der Waals surface area contributed by atoms with Crippen molar-refractivity contribution in [3.8, 4) is 11.5 Å². The first kappa shape index (κ1) is 49.4. The van der Waals surface area contributed by atoms with Crippen LogP contribution in [0.15, 0.2) is 119 Å². The van der Waals surface area contributed by atoms with Gasteiger partial charge in [0.1, 0.15) is 13.2 Å². The minimum Gasteiger partial charge on any atom is -0.482 e. The molecule has 0 atom stereocenters. The van der Waals surface area contributed by atoms with E-state index in [1.54, 1.807) is 50.8 Å². The van der Waals surface area contributed by atoms with Gasteiger partial charge >= 0.3 is 0 Å². The predicted octanol–water partition coefficient (Wildman–Crippen LogP) is 3.21. The molecule has 0 saturated carbocycles. The van der Waals surface area contributed by atoms with E-state index in [9.17, 15) is 29.3 Å². The number of carbonyl (C=O) groups is 2. The van der Waals surface area contributed by atoms with Crippen LogP contribution in [-0.2, 0) is 33.7 Å². The number of ether oxygens (including phenoxy) is 2. The van der Waals surface area contributed by atoms with E-state index in [1.807, 2.05) is 74.8 Å². The van der Waals surface area contributed by atoms with Crippen LogP contribution in [0.4, 0.5) is 5.69 Å². The number of nitro groups is 1. The van der Waals surface area contributed by atoms with Crippen molar-refractivity contribution < 1.29 is 24.0 Å². The molecule has 0 spiro atoms. The van der Waals surface area contributed by atoms with Gasteiger partial charge in [-0.1, -0.05) is 72.8 Å². The number of carbonyl (C=O) groups excluding carboxylic acids is 2. The van der Waals surface area contributed by atoms with E-state index in [-0.39, 0.29) is 60.5 Å². The number of nitrogens with zero attached hydrogens (tertiary/aromatic N) is 5. The summed E-state index contributed by atoms with van der Waals surface area (Å²) in [5, 5.41) is 23.9. The molecule has 0 aliphatic carbocycles. The molecule has 4 N–H and O–H groups in total. The number of nitrogens with one attached hydrogen (secondary N) is 4. The van der Waals surface area contributed by atoms with E-state index in [1.165, 1.54) is 21.3 Å². The lowest BCUT2D eigenvalue weighted by Gasteiger charge is -2.32. The summed E-state index contributed by atoms with van der Waals surface area (Å²) in [5.74, 6) is -0.869. The molecule has 0 saturated heterocycles. The molecular formula is C48H61N9O8. The number of hydrogen-bond donors (Lipinski definition) is 4. The average Bonchev–Trinajstić information content (AvgIpc) is 3.31. The highest BCUT2D eigenvalue weighted by atomic mass is 16.6. The standard InChI is InChI=1S/C48H61N9O8/c1-49-21-27-55(29-23-51-45(58)41-19-25-53(3)47(60)43(41)64-34-37-11-7-5-8-12-37)32-39(31-36-15-17-40(18-16-36)57(62)63)33-56(28-22-50-2)30-24-52-46(59)42-20-26-54(4)48(61)44(42)65-35-38-13-9-6-10-14-38/h5-20,25-26,39,49-50H,21-24,27-35H2,1-4H3,(H,51,58)(H,52,59). The van der Waals surface area contributed by atoms with Gasteiger partial charge in [0.25, 0.3) is 28.6 Å². The average molecular weight is 892 g/mol. The molecule has 0 aliphatic rings. The minimum atomic E-state index is -0.423. The van der Waals surface area contributed by atoms with E-state index in [2.05, 4.69) is 31.1 Å². The quantitative estimate of drug-likeness (QED) is 0.0445. The Labute approximate surface area is 379 Å². The molecule has 17 nitrogen and oxygen atoms in total. The number of amides is 2. The van der Waals surface area contributed by atoms with Gasteiger partial charge in [-0.2, -0.15) is 0 Å². The van der Waals surface area contributed by atoms with Crippen LogP contribution >= 0.6 is 0 Å². The third-order valence-electron chi connectivity index (χ3n) is 10.9. The fraction of sp³-hybridized carbons (Fsp3) is 0.375. The molecule has 17 heteroatoms. The Morgan fingerprint density at radius 2 is 1.03 bits per heavy atom. The maximum Gasteiger partial charge on any atom is 0.293 e. The molecule has 0 fully saturated rings. The van der Waals surface area contributed by atoms with E-state index in [0.717, 1.165) is 16.7 Å². The Balaban J connectivity index is 1.28.